The molecule has 1 unspecified atom stereocenters. The first-order chi connectivity index (χ1) is 7.10. The average Bonchev–Trinajstić information content (AvgIpc) is 2.27. The highest BCUT2D eigenvalue weighted by Gasteiger charge is 2.19. The highest BCUT2D eigenvalue weighted by molar-refractivity contribution is 5.77. The van der Waals surface area contributed by atoms with E-state index in [9.17, 15) is 9.90 Å². The smallest absolute Gasteiger partial charge is 0.337 e. The van der Waals surface area contributed by atoms with Crippen LogP contribution in [0.25, 0.3) is 0 Å². The molecule has 0 heterocycles. The summed E-state index contributed by atoms with van der Waals surface area (Å²) in [5.41, 5.74) is 3.27. The van der Waals surface area contributed by atoms with Crippen LogP contribution in [-0.2, 0) is 11.4 Å². The number of carboxylic acids is 1. The van der Waals surface area contributed by atoms with Crippen LogP contribution in [-0.4, -0.2) is 21.3 Å². The van der Waals surface area contributed by atoms with E-state index in [0.717, 1.165) is 0 Å². The van der Waals surface area contributed by atoms with Crippen molar-refractivity contribution in [3.8, 4) is 0 Å². The number of hydrogen-bond donors (Lipinski definition) is 5. The van der Waals surface area contributed by atoms with Crippen LogP contribution in [0.3, 0.4) is 0 Å². The Hall–Kier alpha value is -1.63. The summed E-state index contributed by atoms with van der Waals surface area (Å²) in [5.74, 6) is 3.82. The summed E-state index contributed by atoms with van der Waals surface area (Å²) in [5, 5.41) is 26.8. The van der Waals surface area contributed by atoms with Crippen molar-refractivity contribution in [3.63, 3.8) is 0 Å². The lowest BCUT2D eigenvalue weighted by Crippen LogP contribution is -2.16. The predicted molar refractivity (Wildman–Crippen MR) is 52.8 cm³/mol. The topological polar surface area (TPSA) is 116 Å². The van der Waals surface area contributed by atoms with Gasteiger partial charge in [-0.1, -0.05) is 12.1 Å². The monoisotopic (exact) mass is 212 g/mol. The fourth-order valence-corrected chi connectivity index (χ4v) is 1.20. The minimum Gasteiger partial charge on any atom is -0.479 e. The van der Waals surface area contributed by atoms with Gasteiger partial charge in [0, 0.05) is 5.56 Å². The molecule has 0 radical (unpaired) electrons. The minimum atomic E-state index is -1.64. The van der Waals surface area contributed by atoms with Gasteiger partial charge in [-0.15, -0.1) is 0 Å². The van der Waals surface area contributed by atoms with Gasteiger partial charge in [-0.25, -0.2) is 4.79 Å². The maximum absolute atomic E-state index is 10.6. The van der Waals surface area contributed by atoms with Crippen LogP contribution in [0.4, 0.5) is 5.69 Å². The van der Waals surface area contributed by atoms with E-state index in [4.69, 9.17) is 16.1 Å². The molecule has 0 spiro atoms. The zero-order valence-electron chi connectivity index (χ0n) is 7.84. The molecule has 0 aliphatic heterocycles. The van der Waals surface area contributed by atoms with Gasteiger partial charge in [-0.3, -0.25) is 5.84 Å². The SMILES string of the molecule is NNc1cc(CO)ccc1C(O)C(=O)O. The molecule has 1 atom stereocenters. The summed E-state index contributed by atoms with van der Waals surface area (Å²) in [4.78, 5) is 10.6. The predicted octanol–water partition coefficient (Wildman–Crippen LogP) is -0.418. The number of nitrogens with two attached hydrogens (primary N) is 1. The molecule has 0 aliphatic carbocycles. The van der Waals surface area contributed by atoms with E-state index in [-0.39, 0.29) is 17.9 Å². The average molecular weight is 212 g/mol. The fourth-order valence-electron chi connectivity index (χ4n) is 1.20. The normalized spacial score (nSPS) is 12.2. The summed E-state index contributed by atoms with van der Waals surface area (Å²) in [7, 11) is 0. The van der Waals surface area contributed by atoms with Crippen molar-refractivity contribution in [2.75, 3.05) is 5.43 Å². The Morgan fingerprint density at radius 3 is 2.67 bits per heavy atom. The van der Waals surface area contributed by atoms with Crippen molar-refractivity contribution < 1.29 is 20.1 Å². The van der Waals surface area contributed by atoms with Crippen LogP contribution in [0.15, 0.2) is 18.2 Å². The summed E-state index contributed by atoms with van der Waals surface area (Å²) in [6.07, 6.45) is -1.64. The molecule has 15 heavy (non-hydrogen) atoms. The lowest BCUT2D eigenvalue weighted by atomic mass is 10.0. The van der Waals surface area contributed by atoms with Crippen LogP contribution in [0.2, 0.25) is 0 Å². The number of nitrogens with one attached hydrogen (secondary N) is 1. The number of aliphatic hydroxyl groups is 2. The zero-order valence-corrected chi connectivity index (χ0v) is 7.84. The second kappa shape index (κ2) is 4.74. The van der Waals surface area contributed by atoms with Crippen molar-refractivity contribution in [2.45, 2.75) is 12.7 Å². The highest BCUT2D eigenvalue weighted by atomic mass is 16.4. The van der Waals surface area contributed by atoms with Gasteiger partial charge in [0.25, 0.3) is 0 Å². The zero-order chi connectivity index (χ0) is 11.4. The molecule has 1 aromatic rings. The molecule has 0 aromatic heterocycles. The lowest BCUT2D eigenvalue weighted by molar-refractivity contribution is -0.146. The maximum Gasteiger partial charge on any atom is 0.337 e. The molecule has 1 rings (SSSR count). The molecule has 1 aromatic carbocycles. The Morgan fingerprint density at radius 2 is 2.20 bits per heavy atom. The largest absolute Gasteiger partial charge is 0.479 e. The molecular weight excluding hydrogens is 200 g/mol. The second-order valence-electron chi connectivity index (χ2n) is 2.96. The second-order valence-corrected chi connectivity index (χ2v) is 2.96. The lowest BCUT2D eigenvalue weighted by Gasteiger charge is -2.12. The first kappa shape index (κ1) is 11.4. The number of rotatable bonds is 4. The standard InChI is InChI=1S/C9H12N2O4/c10-11-7-3-5(4-12)1-2-6(7)8(13)9(14)15/h1-3,8,11-13H,4,10H2,(H,14,15). The number of benzene rings is 1. The quantitative estimate of drug-likeness (QED) is 0.342. The Labute approximate surface area is 85.9 Å². The molecule has 0 amide bonds. The van der Waals surface area contributed by atoms with Crippen LogP contribution in [0, 0.1) is 0 Å². The van der Waals surface area contributed by atoms with Crippen LogP contribution >= 0.6 is 0 Å². The third-order valence-corrected chi connectivity index (χ3v) is 1.98. The van der Waals surface area contributed by atoms with E-state index in [1.54, 1.807) is 0 Å². The fraction of sp³-hybridized carbons (Fsp3) is 0.222. The van der Waals surface area contributed by atoms with Gasteiger partial charge in [-0.2, -0.15) is 0 Å². The van der Waals surface area contributed by atoms with Gasteiger partial charge in [0.2, 0.25) is 0 Å². The number of nitrogen functional groups attached to an aromatic ring is 1. The van der Waals surface area contributed by atoms with E-state index in [2.05, 4.69) is 5.43 Å². The molecule has 0 saturated heterocycles. The Morgan fingerprint density at radius 1 is 1.53 bits per heavy atom. The molecule has 6 N–H and O–H groups in total. The van der Waals surface area contributed by atoms with Crippen LogP contribution in [0.1, 0.15) is 17.2 Å². The van der Waals surface area contributed by atoms with Crippen molar-refractivity contribution in [1.82, 2.24) is 0 Å². The van der Waals surface area contributed by atoms with E-state index in [0.29, 0.717) is 5.56 Å². The molecule has 0 saturated carbocycles. The summed E-state index contributed by atoms with van der Waals surface area (Å²) in [6.45, 7) is -0.182. The van der Waals surface area contributed by atoms with Gasteiger partial charge in [0.05, 0.1) is 12.3 Å². The number of anilines is 1. The van der Waals surface area contributed by atoms with Crippen molar-refractivity contribution in [3.05, 3.63) is 29.3 Å². The molecule has 82 valence electrons. The van der Waals surface area contributed by atoms with Gasteiger partial charge in [0.15, 0.2) is 6.10 Å². The minimum absolute atomic E-state index is 0.155. The summed E-state index contributed by atoms with van der Waals surface area (Å²) >= 11 is 0. The first-order valence-corrected chi connectivity index (χ1v) is 4.21. The maximum atomic E-state index is 10.6. The Kier molecular flexibility index (Phi) is 3.62. The number of aliphatic carboxylic acids is 1. The Bertz CT molecular complexity index is 367. The van der Waals surface area contributed by atoms with E-state index < -0.39 is 12.1 Å². The molecule has 6 nitrogen and oxygen atoms in total. The highest BCUT2D eigenvalue weighted by Crippen LogP contribution is 2.23. The third-order valence-electron chi connectivity index (χ3n) is 1.98. The number of aliphatic hydroxyl groups excluding tert-OH is 2. The van der Waals surface area contributed by atoms with Gasteiger partial charge >= 0.3 is 5.97 Å². The molecular formula is C9H12N2O4. The number of hydrazine groups is 1. The third kappa shape index (κ3) is 2.44. The van der Waals surface area contributed by atoms with Gasteiger partial charge < -0.3 is 20.7 Å². The molecule has 0 fully saturated rings. The molecule has 6 heteroatoms. The number of hydrogen-bond acceptors (Lipinski definition) is 5. The van der Waals surface area contributed by atoms with Crippen LogP contribution < -0.4 is 11.3 Å². The van der Waals surface area contributed by atoms with Crippen molar-refractivity contribution >= 4 is 11.7 Å². The number of carbonyl (C=O) groups is 1. The van der Waals surface area contributed by atoms with E-state index >= 15 is 0 Å². The van der Waals surface area contributed by atoms with E-state index in [1.165, 1.54) is 18.2 Å². The van der Waals surface area contributed by atoms with Gasteiger partial charge in [-0.05, 0) is 11.6 Å². The molecule has 0 bridgehead atoms. The molecule has 0 aliphatic rings. The van der Waals surface area contributed by atoms with Crippen molar-refractivity contribution in [2.24, 2.45) is 5.84 Å². The summed E-state index contributed by atoms with van der Waals surface area (Å²) < 4.78 is 0. The van der Waals surface area contributed by atoms with Crippen molar-refractivity contribution in [1.29, 1.82) is 0 Å². The Balaban J connectivity index is 3.12. The van der Waals surface area contributed by atoms with Gasteiger partial charge in [0.1, 0.15) is 0 Å². The number of carboxylic acid groups (broad SMARTS) is 1. The van der Waals surface area contributed by atoms with E-state index in [1.807, 2.05) is 0 Å². The van der Waals surface area contributed by atoms with Crippen LogP contribution in [0.5, 0.6) is 0 Å². The first-order valence-electron chi connectivity index (χ1n) is 4.21. The summed E-state index contributed by atoms with van der Waals surface area (Å²) in [6, 6.07) is 4.39.